The van der Waals surface area contributed by atoms with Crippen molar-refractivity contribution < 1.29 is 4.79 Å². The van der Waals surface area contributed by atoms with Crippen LogP contribution in [-0.2, 0) is 0 Å². The Kier molecular flexibility index (Phi) is 3.95. The summed E-state index contributed by atoms with van der Waals surface area (Å²) in [5, 5.41) is 0. The van der Waals surface area contributed by atoms with E-state index in [9.17, 15) is 4.79 Å². The molecule has 0 aromatic carbocycles. The lowest BCUT2D eigenvalue weighted by molar-refractivity contribution is 0.122. The van der Waals surface area contributed by atoms with Crippen LogP contribution in [0.5, 0.6) is 0 Å². The third-order valence-corrected chi connectivity index (χ3v) is 4.55. The minimum Gasteiger partial charge on any atom is -0.325 e. The van der Waals surface area contributed by atoms with E-state index in [0.29, 0.717) is 6.04 Å². The topological polar surface area (TPSA) is 23.6 Å². The maximum atomic E-state index is 12.3. The van der Waals surface area contributed by atoms with Crippen LogP contribution >= 0.6 is 0 Å². The van der Waals surface area contributed by atoms with Crippen molar-refractivity contribution in [3.63, 3.8) is 0 Å². The minimum absolute atomic E-state index is 0.289. The van der Waals surface area contributed by atoms with Gasteiger partial charge in [-0.05, 0) is 44.4 Å². The first kappa shape index (κ1) is 12.7. The molecule has 0 spiro atoms. The summed E-state index contributed by atoms with van der Waals surface area (Å²) in [6.07, 6.45) is 4.72. The lowest BCUT2D eigenvalue weighted by Crippen LogP contribution is -2.48. The van der Waals surface area contributed by atoms with Gasteiger partial charge in [0.15, 0.2) is 0 Å². The Morgan fingerprint density at radius 1 is 1.12 bits per heavy atom. The van der Waals surface area contributed by atoms with Gasteiger partial charge in [0.1, 0.15) is 0 Å². The zero-order valence-electron chi connectivity index (χ0n) is 11.5. The summed E-state index contributed by atoms with van der Waals surface area (Å²) in [4.78, 5) is 16.5. The van der Waals surface area contributed by atoms with E-state index >= 15 is 0 Å². The minimum atomic E-state index is 0.289. The Bertz CT molecular complexity index is 269. The molecule has 2 aliphatic heterocycles. The summed E-state index contributed by atoms with van der Waals surface area (Å²) in [7, 11) is 0. The number of carbonyl (C=O) groups excluding carboxylic acids is 1. The second kappa shape index (κ2) is 5.28. The predicted octanol–water partition coefficient (Wildman–Crippen LogP) is 2.96. The molecule has 0 aliphatic carbocycles. The van der Waals surface area contributed by atoms with Crippen molar-refractivity contribution in [2.45, 2.75) is 52.5 Å². The summed E-state index contributed by atoms with van der Waals surface area (Å²) in [5.41, 5.74) is 0. The molecule has 0 aromatic heterocycles. The highest BCUT2D eigenvalue weighted by molar-refractivity contribution is 5.75. The fraction of sp³-hybridized carbons (Fsp3) is 0.929. The van der Waals surface area contributed by atoms with Gasteiger partial charge in [-0.25, -0.2) is 4.79 Å². The molecule has 2 saturated heterocycles. The number of amides is 2. The molecule has 0 aromatic rings. The third-order valence-electron chi connectivity index (χ3n) is 4.55. The van der Waals surface area contributed by atoms with Crippen molar-refractivity contribution in [2.75, 3.05) is 19.6 Å². The summed E-state index contributed by atoms with van der Waals surface area (Å²) >= 11 is 0. The van der Waals surface area contributed by atoms with Crippen molar-refractivity contribution in [3.8, 4) is 0 Å². The average molecular weight is 238 g/mol. The molecule has 0 N–H and O–H groups in total. The lowest BCUT2D eigenvalue weighted by Gasteiger charge is -2.37. The molecule has 98 valence electrons. The molecule has 2 amide bonds. The standard InChI is InChI=1S/C14H26N2O/c1-11(2)13-6-9-15(10-7-13)14(17)16-8-4-5-12(16)3/h11-13H,4-10H2,1-3H3/t12-/m0/s1. The van der Waals surface area contributed by atoms with E-state index in [4.69, 9.17) is 0 Å². The summed E-state index contributed by atoms with van der Waals surface area (Å²) in [6.45, 7) is 9.65. The Hall–Kier alpha value is -0.730. The Morgan fingerprint density at radius 2 is 1.76 bits per heavy atom. The maximum absolute atomic E-state index is 12.3. The van der Waals surface area contributed by atoms with Crippen molar-refractivity contribution in [2.24, 2.45) is 11.8 Å². The van der Waals surface area contributed by atoms with E-state index in [2.05, 4.69) is 30.6 Å². The zero-order valence-corrected chi connectivity index (χ0v) is 11.5. The molecular weight excluding hydrogens is 212 g/mol. The monoisotopic (exact) mass is 238 g/mol. The van der Waals surface area contributed by atoms with E-state index in [1.165, 1.54) is 25.7 Å². The third kappa shape index (κ3) is 2.75. The van der Waals surface area contributed by atoms with Crippen LogP contribution in [0.2, 0.25) is 0 Å². The van der Waals surface area contributed by atoms with Gasteiger partial charge in [-0.1, -0.05) is 13.8 Å². The van der Waals surface area contributed by atoms with Gasteiger partial charge in [0.25, 0.3) is 0 Å². The number of hydrogen-bond acceptors (Lipinski definition) is 1. The Labute approximate surface area is 105 Å². The molecule has 3 nitrogen and oxygen atoms in total. The number of likely N-dealkylation sites (tertiary alicyclic amines) is 2. The SMILES string of the molecule is CC(C)C1CCN(C(=O)N2CCC[C@@H]2C)CC1. The number of nitrogens with zero attached hydrogens (tertiary/aromatic N) is 2. The summed E-state index contributed by atoms with van der Waals surface area (Å²) in [6, 6.07) is 0.738. The molecule has 0 radical (unpaired) electrons. The van der Waals surface area contributed by atoms with E-state index in [1.807, 2.05) is 0 Å². The van der Waals surface area contributed by atoms with Crippen molar-refractivity contribution in [1.82, 2.24) is 9.80 Å². The Morgan fingerprint density at radius 3 is 2.24 bits per heavy atom. The molecule has 0 bridgehead atoms. The number of urea groups is 1. The first-order valence-corrected chi connectivity index (χ1v) is 7.15. The summed E-state index contributed by atoms with van der Waals surface area (Å²) < 4.78 is 0. The van der Waals surface area contributed by atoms with Gasteiger partial charge in [-0.3, -0.25) is 0 Å². The number of piperidine rings is 1. The molecule has 0 saturated carbocycles. The first-order valence-electron chi connectivity index (χ1n) is 7.15. The maximum Gasteiger partial charge on any atom is 0.320 e. The zero-order chi connectivity index (χ0) is 12.4. The molecular formula is C14H26N2O. The molecule has 2 fully saturated rings. The predicted molar refractivity (Wildman–Crippen MR) is 69.9 cm³/mol. The molecule has 2 rings (SSSR count). The van der Waals surface area contributed by atoms with Crippen LogP contribution in [0, 0.1) is 11.8 Å². The van der Waals surface area contributed by atoms with Crippen LogP contribution in [0.3, 0.4) is 0 Å². The first-order chi connectivity index (χ1) is 8.09. The van der Waals surface area contributed by atoms with Crippen molar-refractivity contribution in [1.29, 1.82) is 0 Å². The normalized spacial score (nSPS) is 26.9. The van der Waals surface area contributed by atoms with Crippen LogP contribution in [0.25, 0.3) is 0 Å². The highest BCUT2D eigenvalue weighted by Crippen LogP contribution is 2.26. The largest absolute Gasteiger partial charge is 0.325 e. The second-order valence-electron chi connectivity index (χ2n) is 6.04. The summed E-state index contributed by atoms with van der Waals surface area (Å²) in [5.74, 6) is 1.58. The van der Waals surface area contributed by atoms with Gasteiger partial charge in [-0.2, -0.15) is 0 Å². The van der Waals surface area contributed by atoms with Crippen molar-refractivity contribution >= 4 is 6.03 Å². The van der Waals surface area contributed by atoms with Gasteiger partial charge >= 0.3 is 6.03 Å². The van der Waals surface area contributed by atoms with Crippen LogP contribution in [0.4, 0.5) is 4.79 Å². The highest BCUT2D eigenvalue weighted by Gasteiger charge is 2.31. The van der Waals surface area contributed by atoms with Gasteiger partial charge in [0.05, 0.1) is 0 Å². The smallest absolute Gasteiger partial charge is 0.320 e. The van der Waals surface area contributed by atoms with Crippen molar-refractivity contribution in [3.05, 3.63) is 0 Å². The van der Waals surface area contributed by atoms with E-state index < -0.39 is 0 Å². The van der Waals surface area contributed by atoms with E-state index in [0.717, 1.165) is 31.5 Å². The molecule has 17 heavy (non-hydrogen) atoms. The molecule has 2 heterocycles. The molecule has 0 unspecified atom stereocenters. The van der Waals surface area contributed by atoms with Crippen LogP contribution in [0.1, 0.15) is 46.5 Å². The van der Waals surface area contributed by atoms with Crippen LogP contribution < -0.4 is 0 Å². The molecule has 1 atom stereocenters. The molecule has 3 heteroatoms. The fourth-order valence-corrected chi connectivity index (χ4v) is 3.16. The number of hydrogen-bond donors (Lipinski definition) is 0. The van der Waals surface area contributed by atoms with Crippen LogP contribution in [-0.4, -0.2) is 41.5 Å². The lowest BCUT2D eigenvalue weighted by atomic mass is 9.87. The highest BCUT2D eigenvalue weighted by atomic mass is 16.2. The number of carbonyl (C=O) groups is 1. The van der Waals surface area contributed by atoms with E-state index in [-0.39, 0.29) is 6.03 Å². The van der Waals surface area contributed by atoms with Gasteiger partial charge < -0.3 is 9.80 Å². The van der Waals surface area contributed by atoms with E-state index in [1.54, 1.807) is 0 Å². The van der Waals surface area contributed by atoms with Gasteiger partial charge in [0.2, 0.25) is 0 Å². The Balaban J connectivity index is 1.86. The fourth-order valence-electron chi connectivity index (χ4n) is 3.16. The quantitative estimate of drug-likeness (QED) is 0.689. The van der Waals surface area contributed by atoms with Gasteiger partial charge in [-0.15, -0.1) is 0 Å². The average Bonchev–Trinajstić information content (AvgIpc) is 2.74. The second-order valence-corrected chi connectivity index (χ2v) is 6.04. The van der Waals surface area contributed by atoms with Crippen LogP contribution in [0.15, 0.2) is 0 Å². The molecule has 2 aliphatic rings. The van der Waals surface area contributed by atoms with Gasteiger partial charge in [0, 0.05) is 25.7 Å². The number of rotatable bonds is 1.